The topological polar surface area (TPSA) is 66.7 Å². The fourth-order valence-electron chi connectivity index (χ4n) is 2.62. The van der Waals surface area contributed by atoms with E-state index in [9.17, 15) is 9.59 Å². The zero-order chi connectivity index (χ0) is 15.4. The van der Waals surface area contributed by atoms with Gasteiger partial charge in [0.2, 0.25) is 11.7 Å². The number of hydrogen-bond acceptors (Lipinski definition) is 4. The summed E-state index contributed by atoms with van der Waals surface area (Å²) in [6.45, 7) is 8.02. The number of oxazole rings is 1. The molecule has 1 aliphatic rings. The van der Waals surface area contributed by atoms with Crippen molar-refractivity contribution in [2.75, 3.05) is 26.2 Å². The van der Waals surface area contributed by atoms with Crippen molar-refractivity contribution >= 4 is 11.8 Å². The largest absolute Gasteiger partial charge is 0.436 e. The summed E-state index contributed by atoms with van der Waals surface area (Å²) in [5, 5.41) is 0. The Labute approximate surface area is 125 Å². The number of amides is 2. The lowest BCUT2D eigenvalue weighted by Gasteiger charge is -2.21. The maximum Gasteiger partial charge on any atom is 0.291 e. The average Bonchev–Trinajstić information content (AvgIpc) is 2.66. The second-order valence-corrected chi connectivity index (χ2v) is 5.42. The van der Waals surface area contributed by atoms with Crippen LogP contribution in [0.2, 0.25) is 0 Å². The summed E-state index contributed by atoms with van der Waals surface area (Å²) in [7, 11) is 0. The maximum atomic E-state index is 12.5. The first-order valence-electron chi connectivity index (χ1n) is 7.54. The van der Waals surface area contributed by atoms with Gasteiger partial charge in [-0.05, 0) is 19.8 Å². The van der Waals surface area contributed by atoms with E-state index in [4.69, 9.17) is 4.42 Å². The van der Waals surface area contributed by atoms with Crippen LogP contribution in [0.3, 0.4) is 0 Å². The minimum absolute atomic E-state index is 0.127. The van der Waals surface area contributed by atoms with Gasteiger partial charge >= 0.3 is 0 Å². The fraction of sp³-hybridized carbons (Fsp3) is 0.667. The second-order valence-electron chi connectivity index (χ2n) is 5.42. The van der Waals surface area contributed by atoms with E-state index < -0.39 is 0 Å². The van der Waals surface area contributed by atoms with Crippen LogP contribution in [-0.2, 0) is 4.79 Å². The molecule has 0 radical (unpaired) electrons. The third kappa shape index (κ3) is 3.62. The van der Waals surface area contributed by atoms with Crippen molar-refractivity contribution in [3.63, 3.8) is 0 Å². The van der Waals surface area contributed by atoms with Gasteiger partial charge in [0.15, 0.2) is 5.89 Å². The predicted octanol–water partition coefficient (Wildman–Crippen LogP) is 1.77. The van der Waals surface area contributed by atoms with Crippen molar-refractivity contribution in [3.05, 3.63) is 17.3 Å². The summed E-state index contributed by atoms with van der Waals surface area (Å²) >= 11 is 0. The van der Waals surface area contributed by atoms with Crippen LogP contribution in [0.25, 0.3) is 0 Å². The Bertz CT molecular complexity index is 524. The lowest BCUT2D eigenvalue weighted by molar-refractivity contribution is -0.131. The Morgan fingerprint density at radius 1 is 1.14 bits per heavy atom. The van der Waals surface area contributed by atoms with E-state index in [0.717, 1.165) is 19.4 Å². The highest BCUT2D eigenvalue weighted by Gasteiger charge is 2.26. The molecule has 6 heteroatoms. The van der Waals surface area contributed by atoms with E-state index >= 15 is 0 Å². The predicted molar refractivity (Wildman–Crippen MR) is 78.0 cm³/mol. The van der Waals surface area contributed by atoms with Crippen molar-refractivity contribution < 1.29 is 14.0 Å². The highest BCUT2D eigenvalue weighted by atomic mass is 16.4. The summed E-state index contributed by atoms with van der Waals surface area (Å²) in [5.74, 6) is 0.877. The molecule has 1 aliphatic heterocycles. The molecular weight excluding hydrogens is 270 g/mol. The molecular formula is C15H23N3O3. The first kappa shape index (κ1) is 15.5. The zero-order valence-electron chi connectivity index (χ0n) is 13.0. The van der Waals surface area contributed by atoms with E-state index in [1.165, 1.54) is 0 Å². The van der Waals surface area contributed by atoms with Gasteiger partial charge in [-0.1, -0.05) is 6.92 Å². The summed E-state index contributed by atoms with van der Waals surface area (Å²) in [6, 6.07) is 0. The van der Waals surface area contributed by atoms with Crippen molar-refractivity contribution in [1.29, 1.82) is 0 Å². The average molecular weight is 293 g/mol. The molecule has 0 bridgehead atoms. The van der Waals surface area contributed by atoms with Gasteiger partial charge in [-0.25, -0.2) is 4.98 Å². The molecule has 0 spiro atoms. The van der Waals surface area contributed by atoms with Crippen LogP contribution in [-0.4, -0.2) is 52.8 Å². The smallest absolute Gasteiger partial charge is 0.291 e. The van der Waals surface area contributed by atoms with Gasteiger partial charge in [-0.15, -0.1) is 0 Å². The molecule has 0 aromatic carbocycles. The Hall–Kier alpha value is -1.85. The van der Waals surface area contributed by atoms with Crippen LogP contribution >= 0.6 is 0 Å². The van der Waals surface area contributed by atoms with Crippen LogP contribution in [0.1, 0.15) is 48.3 Å². The molecule has 0 aliphatic carbocycles. The SMILES string of the molecule is CCCC(=O)N1CCCN(C(=O)c2oc(C)nc2C)CC1. The van der Waals surface area contributed by atoms with E-state index in [1.54, 1.807) is 18.7 Å². The second kappa shape index (κ2) is 6.74. The van der Waals surface area contributed by atoms with E-state index in [0.29, 0.717) is 43.4 Å². The van der Waals surface area contributed by atoms with Crippen LogP contribution in [0.15, 0.2) is 4.42 Å². The molecule has 21 heavy (non-hydrogen) atoms. The summed E-state index contributed by atoms with van der Waals surface area (Å²) in [4.78, 5) is 32.2. The van der Waals surface area contributed by atoms with Crippen LogP contribution in [0.5, 0.6) is 0 Å². The van der Waals surface area contributed by atoms with Crippen LogP contribution < -0.4 is 0 Å². The number of rotatable bonds is 3. The molecule has 1 aromatic rings. The van der Waals surface area contributed by atoms with Crippen molar-refractivity contribution in [2.24, 2.45) is 0 Å². The number of carbonyl (C=O) groups excluding carboxylic acids is 2. The molecule has 1 fully saturated rings. The number of carbonyl (C=O) groups is 2. The van der Waals surface area contributed by atoms with Gasteiger partial charge in [0.05, 0.1) is 5.69 Å². The summed E-state index contributed by atoms with van der Waals surface area (Å²) in [5.41, 5.74) is 0.626. The lowest BCUT2D eigenvalue weighted by Crippen LogP contribution is -2.37. The number of aromatic nitrogens is 1. The molecule has 2 rings (SSSR count). The summed E-state index contributed by atoms with van der Waals surface area (Å²) in [6.07, 6.45) is 2.23. The third-order valence-electron chi connectivity index (χ3n) is 3.70. The monoisotopic (exact) mass is 293 g/mol. The highest BCUT2D eigenvalue weighted by molar-refractivity contribution is 5.92. The fourth-order valence-corrected chi connectivity index (χ4v) is 2.62. The molecule has 0 saturated carbocycles. The Morgan fingerprint density at radius 3 is 2.43 bits per heavy atom. The Kier molecular flexibility index (Phi) is 4.98. The standard InChI is InChI=1S/C15H23N3O3/c1-4-6-13(19)17-7-5-8-18(10-9-17)15(20)14-11(2)16-12(3)21-14/h4-10H2,1-3H3. The van der Waals surface area contributed by atoms with E-state index in [-0.39, 0.29) is 11.8 Å². The highest BCUT2D eigenvalue weighted by Crippen LogP contribution is 2.14. The molecule has 2 heterocycles. The molecule has 6 nitrogen and oxygen atoms in total. The minimum Gasteiger partial charge on any atom is -0.436 e. The molecule has 1 saturated heterocycles. The first-order valence-corrected chi connectivity index (χ1v) is 7.54. The maximum absolute atomic E-state index is 12.5. The van der Waals surface area contributed by atoms with Crippen molar-refractivity contribution in [3.8, 4) is 0 Å². The third-order valence-corrected chi connectivity index (χ3v) is 3.70. The molecule has 0 atom stereocenters. The van der Waals surface area contributed by atoms with Gasteiger partial charge in [0.25, 0.3) is 5.91 Å². The normalized spacial score (nSPS) is 16.0. The molecule has 1 aromatic heterocycles. The molecule has 0 unspecified atom stereocenters. The number of hydrogen-bond donors (Lipinski definition) is 0. The van der Waals surface area contributed by atoms with Gasteiger partial charge in [0.1, 0.15) is 0 Å². The summed E-state index contributed by atoms with van der Waals surface area (Å²) < 4.78 is 5.40. The lowest BCUT2D eigenvalue weighted by atomic mass is 10.3. The first-order chi connectivity index (χ1) is 10.0. The molecule has 116 valence electrons. The van der Waals surface area contributed by atoms with Crippen LogP contribution in [0, 0.1) is 13.8 Å². The van der Waals surface area contributed by atoms with Gasteiger partial charge in [0, 0.05) is 39.5 Å². The van der Waals surface area contributed by atoms with Crippen LogP contribution in [0.4, 0.5) is 0 Å². The zero-order valence-corrected chi connectivity index (χ0v) is 13.0. The molecule has 0 N–H and O–H groups in total. The van der Waals surface area contributed by atoms with E-state index in [1.807, 2.05) is 11.8 Å². The van der Waals surface area contributed by atoms with Gasteiger partial charge in [-0.3, -0.25) is 9.59 Å². The van der Waals surface area contributed by atoms with Crippen molar-refractivity contribution in [1.82, 2.24) is 14.8 Å². The Morgan fingerprint density at radius 2 is 1.81 bits per heavy atom. The van der Waals surface area contributed by atoms with Crippen molar-refractivity contribution in [2.45, 2.75) is 40.0 Å². The van der Waals surface area contributed by atoms with E-state index in [2.05, 4.69) is 4.98 Å². The van der Waals surface area contributed by atoms with Gasteiger partial charge in [-0.2, -0.15) is 0 Å². The number of aryl methyl sites for hydroxylation is 2. The molecule has 2 amide bonds. The quantitative estimate of drug-likeness (QED) is 0.852. The minimum atomic E-state index is -0.127. The number of nitrogens with zero attached hydrogens (tertiary/aromatic N) is 3. The van der Waals surface area contributed by atoms with Gasteiger partial charge < -0.3 is 14.2 Å². The Balaban J connectivity index is 2.01.